The van der Waals surface area contributed by atoms with Gasteiger partial charge >= 0.3 is 0 Å². The first-order valence-corrected chi connectivity index (χ1v) is 12.2. The quantitative estimate of drug-likeness (QED) is 0.559. The average molecular weight is 447 g/mol. The molecule has 1 amide bonds. The zero-order chi connectivity index (χ0) is 22.1. The lowest BCUT2D eigenvalue weighted by atomic mass is 10.1. The summed E-state index contributed by atoms with van der Waals surface area (Å²) in [6.45, 7) is 4.99. The van der Waals surface area contributed by atoms with E-state index in [2.05, 4.69) is 15.2 Å². The van der Waals surface area contributed by atoms with Crippen LogP contribution in [0, 0.1) is 0 Å². The van der Waals surface area contributed by atoms with Crippen LogP contribution >= 0.6 is 0 Å². The van der Waals surface area contributed by atoms with Crippen molar-refractivity contribution in [2.24, 2.45) is 0 Å². The second-order valence-electron chi connectivity index (χ2n) is 7.35. The van der Waals surface area contributed by atoms with Crippen molar-refractivity contribution in [3.05, 3.63) is 54.2 Å². The maximum Gasteiger partial charge on any atom is 0.224 e. The number of carbonyl (C=O) groups excluding carboxylic acids is 1. The van der Waals surface area contributed by atoms with E-state index in [1.54, 1.807) is 6.20 Å². The highest BCUT2D eigenvalue weighted by molar-refractivity contribution is 7.89. The fraction of sp³-hybridized carbons (Fsp3) is 0.455. The van der Waals surface area contributed by atoms with Crippen LogP contribution < -0.4 is 15.0 Å². The van der Waals surface area contributed by atoms with Gasteiger partial charge in [-0.3, -0.25) is 4.79 Å². The number of rotatable bonds is 10. The molecule has 0 bridgehead atoms. The molecule has 2 heterocycles. The van der Waals surface area contributed by atoms with Crippen molar-refractivity contribution in [3.8, 4) is 5.75 Å². The van der Waals surface area contributed by atoms with Gasteiger partial charge in [-0.05, 0) is 43.2 Å². The van der Waals surface area contributed by atoms with Crippen molar-refractivity contribution in [2.75, 3.05) is 50.0 Å². The minimum Gasteiger partial charge on any atom is -0.494 e. The number of hydrogen-bond acceptors (Lipinski definition) is 6. The molecule has 1 aromatic heterocycles. The normalized spacial score (nSPS) is 14.9. The number of anilines is 1. The third kappa shape index (κ3) is 6.93. The lowest BCUT2D eigenvalue weighted by molar-refractivity contribution is -0.120. The molecule has 168 valence electrons. The van der Waals surface area contributed by atoms with Crippen LogP contribution in [0.3, 0.4) is 0 Å². The highest BCUT2D eigenvalue weighted by Crippen LogP contribution is 2.15. The van der Waals surface area contributed by atoms with Crippen molar-refractivity contribution in [2.45, 2.75) is 19.8 Å². The van der Waals surface area contributed by atoms with Gasteiger partial charge in [0.25, 0.3) is 0 Å². The van der Waals surface area contributed by atoms with Gasteiger partial charge < -0.3 is 15.0 Å². The number of piperazine rings is 1. The maximum absolute atomic E-state index is 12.6. The molecule has 1 saturated heterocycles. The molecule has 0 unspecified atom stereocenters. The summed E-state index contributed by atoms with van der Waals surface area (Å²) in [6, 6.07) is 13.1. The molecule has 0 spiro atoms. The molecular formula is C22H30N4O4S. The number of pyridine rings is 1. The first-order valence-electron chi connectivity index (χ1n) is 10.6. The molecular weight excluding hydrogens is 416 g/mol. The minimum absolute atomic E-state index is 0.0277. The second kappa shape index (κ2) is 11.1. The van der Waals surface area contributed by atoms with Crippen molar-refractivity contribution in [3.63, 3.8) is 0 Å². The summed E-state index contributed by atoms with van der Waals surface area (Å²) in [5, 5.41) is 2.81. The third-order valence-electron chi connectivity index (χ3n) is 5.11. The van der Waals surface area contributed by atoms with E-state index in [0.717, 1.165) is 17.1 Å². The highest BCUT2D eigenvalue weighted by Gasteiger charge is 2.26. The number of sulfonamides is 1. The van der Waals surface area contributed by atoms with Gasteiger partial charge in [0.05, 0.1) is 18.8 Å². The van der Waals surface area contributed by atoms with E-state index in [-0.39, 0.29) is 18.1 Å². The smallest absolute Gasteiger partial charge is 0.224 e. The molecule has 1 aromatic carbocycles. The van der Waals surface area contributed by atoms with Crippen molar-refractivity contribution < 1.29 is 17.9 Å². The van der Waals surface area contributed by atoms with Gasteiger partial charge in [-0.25, -0.2) is 13.4 Å². The van der Waals surface area contributed by atoms with Crippen LogP contribution in [0.4, 0.5) is 5.82 Å². The fourth-order valence-corrected chi connectivity index (χ4v) is 4.95. The van der Waals surface area contributed by atoms with Crippen LogP contribution in [0.1, 0.15) is 18.9 Å². The summed E-state index contributed by atoms with van der Waals surface area (Å²) in [5.74, 6) is 1.55. The van der Waals surface area contributed by atoms with Crippen LogP contribution in [0.15, 0.2) is 48.7 Å². The maximum atomic E-state index is 12.6. The molecule has 1 fully saturated rings. The van der Waals surface area contributed by atoms with Crippen molar-refractivity contribution in [1.29, 1.82) is 0 Å². The van der Waals surface area contributed by atoms with Gasteiger partial charge in [0.15, 0.2) is 0 Å². The SMILES string of the molecule is CCOc1ccc(CC(=O)NCCCS(=O)(=O)N2CCN(c3ccccn3)CC2)cc1. The summed E-state index contributed by atoms with van der Waals surface area (Å²) in [4.78, 5) is 18.5. The molecule has 0 saturated carbocycles. The van der Waals surface area contributed by atoms with E-state index in [9.17, 15) is 13.2 Å². The summed E-state index contributed by atoms with van der Waals surface area (Å²) in [7, 11) is -3.33. The van der Waals surface area contributed by atoms with E-state index >= 15 is 0 Å². The largest absolute Gasteiger partial charge is 0.494 e. The van der Waals surface area contributed by atoms with Crippen LogP contribution in [0.2, 0.25) is 0 Å². The van der Waals surface area contributed by atoms with Gasteiger partial charge in [-0.1, -0.05) is 18.2 Å². The number of amides is 1. The number of carbonyl (C=O) groups is 1. The van der Waals surface area contributed by atoms with Crippen LogP contribution in [-0.4, -0.2) is 68.7 Å². The molecule has 0 radical (unpaired) electrons. The number of hydrogen-bond donors (Lipinski definition) is 1. The Morgan fingerprint density at radius 2 is 1.84 bits per heavy atom. The van der Waals surface area contributed by atoms with Gasteiger partial charge in [-0.15, -0.1) is 0 Å². The predicted molar refractivity (Wildman–Crippen MR) is 121 cm³/mol. The Bertz CT molecular complexity index is 928. The van der Waals surface area contributed by atoms with Crippen LogP contribution in [0.5, 0.6) is 5.75 Å². The lowest BCUT2D eigenvalue weighted by Crippen LogP contribution is -2.49. The molecule has 2 aromatic rings. The summed E-state index contributed by atoms with van der Waals surface area (Å²) < 4.78 is 32.2. The van der Waals surface area contributed by atoms with Crippen molar-refractivity contribution >= 4 is 21.7 Å². The Morgan fingerprint density at radius 1 is 1.10 bits per heavy atom. The van der Waals surface area contributed by atoms with E-state index in [4.69, 9.17) is 4.74 Å². The third-order valence-corrected chi connectivity index (χ3v) is 7.06. The summed E-state index contributed by atoms with van der Waals surface area (Å²) in [6.07, 6.45) is 2.38. The number of nitrogens with zero attached hydrogens (tertiary/aromatic N) is 3. The lowest BCUT2D eigenvalue weighted by Gasteiger charge is -2.34. The summed E-state index contributed by atoms with van der Waals surface area (Å²) in [5.41, 5.74) is 0.888. The van der Waals surface area contributed by atoms with Gasteiger partial charge in [0.1, 0.15) is 11.6 Å². The van der Waals surface area contributed by atoms with Crippen molar-refractivity contribution in [1.82, 2.24) is 14.6 Å². The standard InChI is InChI=1S/C22H30N4O4S/c1-2-30-20-9-7-19(8-10-20)18-22(27)24-12-5-17-31(28,29)26-15-13-25(14-16-26)21-6-3-4-11-23-21/h3-4,6-11H,2,5,12-18H2,1H3,(H,24,27). The zero-order valence-corrected chi connectivity index (χ0v) is 18.7. The number of ether oxygens (including phenoxy) is 1. The van der Waals surface area contributed by atoms with E-state index in [1.807, 2.05) is 49.4 Å². The molecule has 3 rings (SSSR count). The zero-order valence-electron chi connectivity index (χ0n) is 17.9. The minimum atomic E-state index is -3.33. The van der Waals surface area contributed by atoms with Gasteiger partial charge in [-0.2, -0.15) is 4.31 Å². The first-order chi connectivity index (χ1) is 15.0. The first kappa shape index (κ1) is 23.0. The fourth-order valence-electron chi connectivity index (χ4n) is 3.47. The van der Waals surface area contributed by atoms with E-state index < -0.39 is 10.0 Å². The molecule has 8 nitrogen and oxygen atoms in total. The topological polar surface area (TPSA) is 91.8 Å². The Hall–Kier alpha value is -2.65. The molecule has 0 atom stereocenters. The molecule has 1 N–H and O–H groups in total. The predicted octanol–water partition coefficient (Wildman–Crippen LogP) is 1.68. The molecule has 1 aliphatic rings. The Balaban J connectivity index is 1.36. The Kier molecular flexibility index (Phi) is 8.25. The number of benzene rings is 1. The van der Waals surface area contributed by atoms with E-state index in [1.165, 1.54) is 4.31 Å². The Labute approximate surface area is 184 Å². The highest BCUT2D eigenvalue weighted by atomic mass is 32.2. The molecule has 0 aliphatic carbocycles. The second-order valence-corrected chi connectivity index (χ2v) is 9.44. The van der Waals surface area contributed by atoms with Crippen LogP contribution in [-0.2, 0) is 21.2 Å². The van der Waals surface area contributed by atoms with Crippen LogP contribution in [0.25, 0.3) is 0 Å². The molecule has 9 heteroatoms. The van der Waals surface area contributed by atoms with Gasteiger partial charge in [0.2, 0.25) is 15.9 Å². The van der Waals surface area contributed by atoms with Gasteiger partial charge in [0, 0.05) is 38.9 Å². The summed E-state index contributed by atoms with van der Waals surface area (Å²) >= 11 is 0. The molecule has 31 heavy (non-hydrogen) atoms. The average Bonchev–Trinajstić information content (AvgIpc) is 2.79. The van der Waals surface area contributed by atoms with E-state index in [0.29, 0.717) is 45.8 Å². The Morgan fingerprint density at radius 3 is 2.48 bits per heavy atom. The number of nitrogens with one attached hydrogen (secondary N) is 1. The molecule has 1 aliphatic heterocycles. The monoisotopic (exact) mass is 446 g/mol. The number of aromatic nitrogens is 1.